The highest BCUT2D eigenvalue weighted by molar-refractivity contribution is 7.11. The van der Waals surface area contributed by atoms with Crippen molar-refractivity contribution in [3.8, 4) is 0 Å². The predicted molar refractivity (Wildman–Crippen MR) is 89.1 cm³/mol. The topological polar surface area (TPSA) is 54.5 Å². The minimum Gasteiger partial charge on any atom is -0.444 e. The van der Waals surface area contributed by atoms with Crippen LogP contribution in [0.1, 0.15) is 44.0 Å². The number of likely N-dealkylation sites (tertiary alicyclic amines) is 1. The summed E-state index contributed by atoms with van der Waals surface area (Å²) in [6.07, 6.45) is 3.80. The maximum atomic E-state index is 12.0. The molecule has 124 valence electrons. The Labute approximate surface area is 137 Å². The van der Waals surface area contributed by atoms with Gasteiger partial charge in [-0.25, -0.2) is 9.78 Å². The number of hydrogen-bond acceptors (Lipinski definition) is 5. The molecule has 1 fully saturated rings. The number of carbonyl (C=O) groups is 1. The molecule has 1 N–H and O–H groups in total. The van der Waals surface area contributed by atoms with Crippen molar-refractivity contribution in [3.05, 3.63) is 16.1 Å². The fraction of sp³-hybridized carbons (Fsp3) is 0.750. The predicted octanol–water partition coefficient (Wildman–Crippen LogP) is 3.05. The zero-order chi connectivity index (χ0) is 16.2. The quantitative estimate of drug-likeness (QED) is 0.904. The van der Waals surface area contributed by atoms with E-state index in [0.717, 1.165) is 39.0 Å². The second kappa shape index (κ2) is 7.42. The number of rotatable bonds is 5. The summed E-state index contributed by atoms with van der Waals surface area (Å²) in [7, 11) is 0. The maximum absolute atomic E-state index is 12.0. The van der Waals surface area contributed by atoms with E-state index in [1.807, 2.05) is 31.9 Å². The highest BCUT2D eigenvalue weighted by atomic mass is 32.1. The molecule has 1 aliphatic rings. The first-order chi connectivity index (χ1) is 10.4. The molecule has 1 saturated heterocycles. The first kappa shape index (κ1) is 17.2. The van der Waals surface area contributed by atoms with Crippen molar-refractivity contribution in [3.63, 3.8) is 0 Å². The van der Waals surface area contributed by atoms with Crippen molar-refractivity contribution in [2.45, 2.75) is 52.7 Å². The molecule has 6 heteroatoms. The lowest BCUT2D eigenvalue weighted by Gasteiger charge is -2.24. The molecule has 2 heterocycles. The van der Waals surface area contributed by atoms with Gasteiger partial charge in [-0.3, -0.25) is 0 Å². The third-order valence-electron chi connectivity index (χ3n) is 3.57. The third-order valence-corrected chi connectivity index (χ3v) is 4.72. The van der Waals surface area contributed by atoms with Gasteiger partial charge >= 0.3 is 6.09 Å². The van der Waals surface area contributed by atoms with E-state index >= 15 is 0 Å². The zero-order valence-corrected chi connectivity index (χ0v) is 14.8. The Bertz CT molecular complexity index is 496. The molecule has 1 aromatic rings. The second-order valence-corrected chi connectivity index (χ2v) is 7.99. The Hall–Kier alpha value is -1.14. The van der Waals surface area contributed by atoms with Crippen molar-refractivity contribution in [1.29, 1.82) is 0 Å². The summed E-state index contributed by atoms with van der Waals surface area (Å²) >= 11 is 1.77. The average molecular weight is 325 g/mol. The SMILES string of the molecule is CCc1ncc(CNCC2CCN(C(=O)OC(C)(C)C)C2)s1. The number of ether oxygens (including phenoxy) is 1. The number of aromatic nitrogens is 1. The highest BCUT2D eigenvalue weighted by Crippen LogP contribution is 2.19. The van der Waals surface area contributed by atoms with Crippen molar-refractivity contribution in [2.24, 2.45) is 5.92 Å². The molecular formula is C16H27N3O2S. The maximum Gasteiger partial charge on any atom is 0.410 e. The minimum atomic E-state index is -0.420. The standard InChI is InChI=1S/C16H27N3O2S/c1-5-14-18-10-13(22-14)9-17-8-12-6-7-19(11-12)15(20)21-16(2,3)4/h10,12,17H,5-9,11H2,1-4H3. The molecule has 1 aromatic heterocycles. The van der Waals surface area contributed by atoms with Crippen LogP contribution in [-0.2, 0) is 17.7 Å². The van der Waals surface area contributed by atoms with Gasteiger partial charge in [-0.05, 0) is 39.5 Å². The van der Waals surface area contributed by atoms with E-state index in [4.69, 9.17) is 4.74 Å². The molecule has 1 unspecified atom stereocenters. The number of amides is 1. The van der Waals surface area contributed by atoms with Crippen LogP contribution in [-0.4, -0.2) is 41.2 Å². The molecule has 1 aliphatic heterocycles. The van der Waals surface area contributed by atoms with Crippen LogP contribution in [0.25, 0.3) is 0 Å². The van der Waals surface area contributed by atoms with E-state index in [9.17, 15) is 4.79 Å². The van der Waals surface area contributed by atoms with Crippen LogP contribution in [0, 0.1) is 5.92 Å². The van der Waals surface area contributed by atoms with E-state index in [1.54, 1.807) is 11.3 Å². The van der Waals surface area contributed by atoms with Crippen LogP contribution in [0.4, 0.5) is 4.79 Å². The number of carbonyl (C=O) groups excluding carboxylic acids is 1. The Morgan fingerprint density at radius 2 is 2.32 bits per heavy atom. The molecule has 2 rings (SSSR count). The zero-order valence-electron chi connectivity index (χ0n) is 14.0. The van der Waals surface area contributed by atoms with E-state index in [-0.39, 0.29) is 6.09 Å². The number of hydrogen-bond donors (Lipinski definition) is 1. The fourth-order valence-electron chi connectivity index (χ4n) is 2.48. The number of nitrogens with one attached hydrogen (secondary N) is 1. The van der Waals surface area contributed by atoms with E-state index in [1.165, 1.54) is 9.88 Å². The molecule has 0 radical (unpaired) electrons. The number of nitrogens with zero attached hydrogens (tertiary/aromatic N) is 2. The molecule has 1 amide bonds. The smallest absolute Gasteiger partial charge is 0.410 e. The number of thiazole rings is 1. The molecule has 5 nitrogen and oxygen atoms in total. The van der Waals surface area contributed by atoms with Gasteiger partial charge < -0.3 is 15.0 Å². The Morgan fingerprint density at radius 3 is 2.95 bits per heavy atom. The summed E-state index contributed by atoms with van der Waals surface area (Å²) in [4.78, 5) is 19.5. The molecule has 1 atom stereocenters. The molecule has 0 aromatic carbocycles. The van der Waals surface area contributed by atoms with Crippen LogP contribution in [0.3, 0.4) is 0 Å². The molecule has 0 saturated carbocycles. The molecule has 0 spiro atoms. The second-order valence-electron chi connectivity index (χ2n) is 6.79. The highest BCUT2D eigenvalue weighted by Gasteiger charge is 2.29. The molecular weight excluding hydrogens is 298 g/mol. The van der Waals surface area contributed by atoms with Gasteiger partial charge in [0.2, 0.25) is 0 Å². The van der Waals surface area contributed by atoms with Gasteiger partial charge in [0.1, 0.15) is 5.60 Å². The van der Waals surface area contributed by atoms with Crippen LogP contribution in [0.2, 0.25) is 0 Å². The van der Waals surface area contributed by atoms with Gasteiger partial charge in [-0.15, -0.1) is 11.3 Å². The molecule has 0 aliphatic carbocycles. The molecule has 22 heavy (non-hydrogen) atoms. The van der Waals surface area contributed by atoms with Gasteiger partial charge in [0.05, 0.1) is 5.01 Å². The Kier molecular flexibility index (Phi) is 5.81. The van der Waals surface area contributed by atoms with Crippen molar-refractivity contribution in [1.82, 2.24) is 15.2 Å². The lowest BCUT2D eigenvalue weighted by molar-refractivity contribution is 0.0288. The van der Waals surface area contributed by atoms with Crippen molar-refractivity contribution < 1.29 is 9.53 Å². The fourth-order valence-corrected chi connectivity index (χ4v) is 3.32. The van der Waals surface area contributed by atoms with Gasteiger partial charge in [-0.2, -0.15) is 0 Å². The summed E-state index contributed by atoms with van der Waals surface area (Å²) < 4.78 is 5.42. The first-order valence-electron chi connectivity index (χ1n) is 7.99. The summed E-state index contributed by atoms with van der Waals surface area (Å²) in [5, 5.41) is 4.67. The minimum absolute atomic E-state index is 0.190. The van der Waals surface area contributed by atoms with Gasteiger partial charge in [0.15, 0.2) is 0 Å². The summed E-state index contributed by atoms with van der Waals surface area (Å²) in [5.41, 5.74) is -0.420. The summed E-state index contributed by atoms with van der Waals surface area (Å²) in [6.45, 7) is 11.2. The van der Waals surface area contributed by atoms with Crippen molar-refractivity contribution in [2.75, 3.05) is 19.6 Å². The molecule has 0 bridgehead atoms. The van der Waals surface area contributed by atoms with Crippen LogP contribution < -0.4 is 5.32 Å². The summed E-state index contributed by atoms with van der Waals surface area (Å²) in [5.74, 6) is 0.506. The largest absolute Gasteiger partial charge is 0.444 e. The van der Waals surface area contributed by atoms with E-state index in [0.29, 0.717) is 5.92 Å². The monoisotopic (exact) mass is 325 g/mol. The third kappa shape index (κ3) is 5.25. The Balaban J connectivity index is 1.69. The Morgan fingerprint density at radius 1 is 1.55 bits per heavy atom. The van der Waals surface area contributed by atoms with Crippen LogP contribution >= 0.6 is 11.3 Å². The van der Waals surface area contributed by atoms with Crippen LogP contribution in [0.15, 0.2) is 6.20 Å². The van der Waals surface area contributed by atoms with E-state index in [2.05, 4.69) is 17.2 Å². The lowest BCUT2D eigenvalue weighted by Crippen LogP contribution is -2.36. The first-order valence-corrected chi connectivity index (χ1v) is 8.81. The normalized spacial score (nSPS) is 18.7. The average Bonchev–Trinajstić information content (AvgIpc) is 3.05. The van der Waals surface area contributed by atoms with Gasteiger partial charge in [0, 0.05) is 37.3 Å². The lowest BCUT2D eigenvalue weighted by atomic mass is 10.1. The van der Waals surface area contributed by atoms with Crippen LogP contribution in [0.5, 0.6) is 0 Å². The number of aryl methyl sites for hydroxylation is 1. The van der Waals surface area contributed by atoms with E-state index < -0.39 is 5.60 Å². The van der Waals surface area contributed by atoms with Crippen molar-refractivity contribution >= 4 is 17.4 Å². The van der Waals surface area contributed by atoms with Gasteiger partial charge in [0.25, 0.3) is 0 Å². The van der Waals surface area contributed by atoms with Gasteiger partial charge in [-0.1, -0.05) is 6.92 Å². The summed E-state index contributed by atoms with van der Waals surface area (Å²) in [6, 6.07) is 0.